The predicted octanol–water partition coefficient (Wildman–Crippen LogP) is 5.51. The van der Waals surface area contributed by atoms with Gasteiger partial charge in [-0.2, -0.15) is 13.2 Å². The van der Waals surface area contributed by atoms with Gasteiger partial charge in [0.25, 0.3) is 0 Å². The summed E-state index contributed by atoms with van der Waals surface area (Å²) in [7, 11) is 1.45. The Morgan fingerprint density at radius 1 is 1.23 bits per heavy atom. The largest absolute Gasteiger partial charge is 0.495 e. The first-order chi connectivity index (χ1) is 14.3. The molecule has 0 atom stereocenters. The van der Waals surface area contributed by atoms with Gasteiger partial charge in [-0.3, -0.25) is 4.79 Å². The zero-order valence-electron chi connectivity index (χ0n) is 15.7. The van der Waals surface area contributed by atoms with Gasteiger partial charge in [0.15, 0.2) is 5.16 Å². The Morgan fingerprint density at radius 3 is 2.63 bits per heavy atom. The first kappa shape index (κ1) is 22.0. The number of benzene rings is 2. The number of nitrogens with one attached hydrogen (secondary N) is 1. The zero-order chi connectivity index (χ0) is 21.7. The minimum atomic E-state index is -4.43. The fraction of sp³-hybridized carbons (Fsp3) is 0.200. The van der Waals surface area contributed by atoms with E-state index in [0.29, 0.717) is 27.7 Å². The Hall–Kier alpha value is -2.65. The molecule has 158 valence electrons. The van der Waals surface area contributed by atoms with Crippen LogP contribution in [-0.2, 0) is 11.3 Å². The van der Waals surface area contributed by atoms with Crippen LogP contribution in [0, 0.1) is 0 Å². The lowest BCUT2D eigenvalue weighted by molar-refractivity contribution is -0.141. The van der Waals surface area contributed by atoms with E-state index in [2.05, 4.69) is 10.3 Å². The summed E-state index contributed by atoms with van der Waals surface area (Å²) < 4.78 is 45.6. The number of amides is 1. The average Bonchev–Trinajstić information content (AvgIpc) is 3.08. The summed E-state index contributed by atoms with van der Waals surface area (Å²) in [4.78, 5) is 16.5. The minimum Gasteiger partial charge on any atom is -0.495 e. The highest BCUT2D eigenvalue weighted by Gasteiger charge is 2.31. The molecule has 0 spiro atoms. The topological polar surface area (TPSA) is 56.1 Å². The number of anilines is 1. The lowest BCUT2D eigenvalue weighted by Crippen LogP contribution is -2.20. The predicted molar refractivity (Wildman–Crippen MR) is 111 cm³/mol. The van der Waals surface area contributed by atoms with Gasteiger partial charge >= 0.3 is 6.18 Å². The van der Waals surface area contributed by atoms with Gasteiger partial charge in [-0.05, 0) is 23.8 Å². The maximum absolute atomic E-state index is 13.1. The first-order valence-electron chi connectivity index (χ1n) is 8.70. The summed E-state index contributed by atoms with van der Waals surface area (Å²) in [6.07, 6.45) is -3.06. The molecule has 0 bridgehead atoms. The van der Waals surface area contributed by atoms with E-state index in [9.17, 15) is 18.0 Å². The van der Waals surface area contributed by atoms with Crippen molar-refractivity contribution in [3.8, 4) is 17.0 Å². The van der Waals surface area contributed by atoms with E-state index >= 15 is 0 Å². The summed E-state index contributed by atoms with van der Waals surface area (Å²) in [5.41, 5.74) is 1.31. The van der Waals surface area contributed by atoms with Crippen molar-refractivity contribution in [3.63, 3.8) is 0 Å². The maximum atomic E-state index is 13.1. The molecule has 1 N–H and O–H groups in total. The number of imidazole rings is 1. The van der Waals surface area contributed by atoms with E-state index in [4.69, 9.17) is 16.3 Å². The van der Waals surface area contributed by atoms with Gasteiger partial charge in [-0.25, -0.2) is 4.98 Å². The highest BCUT2D eigenvalue weighted by atomic mass is 35.5. The van der Waals surface area contributed by atoms with E-state index in [-0.39, 0.29) is 10.9 Å². The molecular formula is C20H17ClF3N3O2S. The smallest absolute Gasteiger partial charge is 0.406 e. The van der Waals surface area contributed by atoms with Crippen LogP contribution in [0.25, 0.3) is 11.3 Å². The first-order valence-corrected chi connectivity index (χ1v) is 10.1. The van der Waals surface area contributed by atoms with E-state index in [0.717, 1.165) is 16.3 Å². The number of hydrogen-bond donors (Lipinski definition) is 1. The van der Waals surface area contributed by atoms with Crippen molar-refractivity contribution >= 4 is 35.0 Å². The number of methoxy groups -OCH3 is 1. The quantitative estimate of drug-likeness (QED) is 0.477. The number of hydrogen-bond acceptors (Lipinski definition) is 4. The second-order valence-electron chi connectivity index (χ2n) is 6.17. The molecule has 30 heavy (non-hydrogen) atoms. The molecule has 0 aliphatic rings. The third-order valence-corrected chi connectivity index (χ3v) is 5.22. The Balaban J connectivity index is 1.77. The van der Waals surface area contributed by atoms with Gasteiger partial charge in [0, 0.05) is 5.02 Å². The number of carbonyl (C=O) groups excluding carboxylic acids is 1. The Labute approximate surface area is 180 Å². The van der Waals surface area contributed by atoms with Crippen molar-refractivity contribution in [1.82, 2.24) is 9.55 Å². The maximum Gasteiger partial charge on any atom is 0.406 e. The van der Waals surface area contributed by atoms with Gasteiger partial charge in [0.2, 0.25) is 5.91 Å². The normalized spacial score (nSPS) is 11.4. The molecule has 1 heterocycles. The number of rotatable bonds is 7. The van der Waals surface area contributed by atoms with Crippen LogP contribution in [0.4, 0.5) is 18.9 Å². The molecule has 2 aromatic carbocycles. The van der Waals surface area contributed by atoms with E-state index in [1.807, 2.05) is 0 Å². The van der Waals surface area contributed by atoms with Crippen LogP contribution in [0.2, 0.25) is 5.02 Å². The second kappa shape index (κ2) is 9.44. The molecular weight excluding hydrogens is 439 g/mol. The molecule has 0 aliphatic carbocycles. The molecule has 0 fully saturated rings. The van der Waals surface area contributed by atoms with Crippen molar-refractivity contribution in [2.45, 2.75) is 17.9 Å². The number of aromatic nitrogens is 2. The zero-order valence-corrected chi connectivity index (χ0v) is 17.3. The number of alkyl halides is 3. The van der Waals surface area contributed by atoms with Gasteiger partial charge in [-0.15, -0.1) is 0 Å². The van der Waals surface area contributed by atoms with Crippen LogP contribution in [-0.4, -0.2) is 34.5 Å². The molecule has 5 nitrogen and oxygen atoms in total. The number of nitrogens with zero attached hydrogens (tertiary/aromatic N) is 2. The van der Waals surface area contributed by atoms with E-state index < -0.39 is 18.6 Å². The number of thioether (sulfide) groups is 1. The Kier molecular flexibility index (Phi) is 6.94. The van der Waals surface area contributed by atoms with Crippen molar-refractivity contribution in [1.29, 1.82) is 0 Å². The van der Waals surface area contributed by atoms with Gasteiger partial charge in [0.1, 0.15) is 12.3 Å². The molecule has 0 saturated heterocycles. The van der Waals surface area contributed by atoms with Crippen LogP contribution < -0.4 is 10.1 Å². The van der Waals surface area contributed by atoms with Crippen molar-refractivity contribution in [2.75, 3.05) is 18.2 Å². The molecule has 1 amide bonds. The molecule has 10 heteroatoms. The van der Waals surface area contributed by atoms with Gasteiger partial charge < -0.3 is 14.6 Å². The third kappa shape index (κ3) is 5.70. The lowest BCUT2D eigenvalue weighted by Gasteiger charge is -2.14. The van der Waals surface area contributed by atoms with E-state index in [1.165, 1.54) is 19.4 Å². The van der Waals surface area contributed by atoms with Gasteiger partial charge in [-0.1, -0.05) is 53.7 Å². The molecule has 0 radical (unpaired) electrons. The van der Waals surface area contributed by atoms with Crippen LogP contribution in [0.3, 0.4) is 0 Å². The summed E-state index contributed by atoms with van der Waals surface area (Å²) in [5.74, 6) is -0.148. The molecule has 1 aromatic heterocycles. The number of carbonyl (C=O) groups is 1. The standard InChI is InChI=1S/C20H17ClF3N3O2S/c1-29-17-8-7-14(21)9-15(17)26-18(28)11-30-19-25-10-16(13-5-3-2-4-6-13)27(19)12-20(22,23)24/h2-10H,11-12H2,1H3,(H,26,28). The van der Waals surface area contributed by atoms with E-state index in [1.54, 1.807) is 42.5 Å². The van der Waals surface area contributed by atoms with Crippen LogP contribution >= 0.6 is 23.4 Å². The average molecular weight is 456 g/mol. The van der Waals surface area contributed by atoms with Crippen LogP contribution in [0.1, 0.15) is 0 Å². The number of halogens is 4. The summed E-state index contributed by atoms with van der Waals surface area (Å²) >= 11 is 6.86. The fourth-order valence-electron chi connectivity index (χ4n) is 2.74. The summed E-state index contributed by atoms with van der Waals surface area (Å²) in [6.45, 7) is -1.21. The Morgan fingerprint density at radius 2 is 1.97 bits per heavy atom. The Bertz CT molecular complexity index is 1030. The van der Waals surface area contributed by atoms with Crippen LogP contribution in [0.15, 0.2) is 59.9 Å². The van der Waals surface area contributed by atoms with Crippen molar-refractivity contribution in [2.24, 2.45) is 0 Å². The third-order valence-electron chi connectivity index (χ3n) is 3.99. The molecule has 3 rings (SSSR count). The minimum absolute atomic E-state index is 0.0967. The summed E-state index contributed by atoms with van der Waals surface area (Å²) in [6, 6.07) is 13.4. The monoisotopic (exact) mass is 455 g/mol. The number of ether oxygens (including phenoxy) is 1. The lowest BCUT2D eigenvalue weighted by atomic mass is 10.2. The fourth-order valence-corrected chi connectivity index (χ4v) is 3.69. The highest BCUT2D eigenvalue weighted by molar-refractivity contribution is 7.99. The molecule has 0 aliphatic heterocycles. The highest BCUT2D eigenvalue weighted by Crippen LogP contribution is 2.31. The van der Waals surface area contributed by atoms with Crippen molar-refractivity contribution < 1.29 is 22.7 Å². The van der Waals surface area contributed by atoms with Crippen LogP contribution in [0.5, 0.6) is 5.75 Å². The molecule has 3 aromatic rings. The molecule has 0 unspecified atom stereocenters. The van der Waals surface area contributed by atoms with Crippen molar-refractivity contribution in [3.05, 3.63) is 59.8 Å². The van der Waals surface area contributed by atoms with Gasteiger partial charge in [0.05, 0.1) is 30.4 Å². The second-order valence-corrected chi connectivity index (χ2v) is 7.55. The SMILES string of the molecule is COc1ccc(Cl)cc1NC(=O)CSc1ncc(-c2ccccc2)n1CC(F)(F)F. The molecule has 0 saturated carbocycles. The summed E-state index contributed by atoms with van der Waals surface area (Å²) in [5, 5.41) is 3.16.